The summed E-state index contributed by atoms with van der Waals surface area (Å²) in [5, 5.41) is 4.26. The van der Waals surface area contributed by atoms with E-state index in [9.17, 15) is 0 Å². The molecule has 0 aliphatic heterocycles. The Labute approximate surface area is 124 Å². The number of hydrogen-bond donors (Lipinski definition) is 1. The van der Waals surface area contributed by atoms with Crippen LogP contribution < -0.4 is 5.32 Å². The topological polar surface area (TPSA) is 37.8 Å². The quantitative estimate of drug-likeness (QED) is 0.900. The minimum absolute atomic E-state index is 0.553. The van der Waals surface area contributed by atoms with Gasteiger partial charge in [0.15, 0.2) is 0 Å². The Morgan fingerprint density at radius 2 is 1.75 bits per heavy atom. The summed E-state index contributed by atoms with van der Waals surface area (Å²) in [7, 11) is 0. The monoisotopic (exact) mass is 287 g/mol. The van der Waals surface area contributed by atoms with Gasteiger partial charge < -0.3 is 5.32 Å². The molecule has 0 radical (unpaired) electrons. The second kappa shape index (κ2) is 6.23. The van der Waals surface area contributed by atoms with Gasteiger partial charge in [-0.1, -0.05) is 43.0 Å². The summed E-state index contributed by atoms with van der Waals surface area (Å²) in [6.45, 7) is 0. The molecule has 1 saturated carbocycles. The van der Waals surface area contributed by atoms with Crippen LogP contribution in [0.1, 0.15) is 32.1 Å². The van der Waals surface area contributed by atoms with E-state index in [1.54, 1.807) is 6.33 Å². The van der Waals surface area contributed by atoms with Gasteiger partial charge in [-0.05, 0) is 25.0 Å². The number of aromatic nitrogens is 2. The molecule has 1 aromatic carbocycles. The number of anilines is 1. The smallest absolute Gasteiger partial charge is 0.130 e. The summed E-state index contributed by atoms with van der Waals surface area (Å²) in [4.78, 5) is 8.67. The number of nitrogens with one attached hydrogen (secondary N) is 1. The summed E-state index contributed by atoms with van der Waals surface area (Å²) in [6, 6.07) is 10.3. The van der Waals surface area contributed by atoms with Crippen LogP contribution in [0.25, 0.3) is 11.3 Å². The number of benzene rings is 1. The van der Waals surface area contributed by atoms with Crippen molar-refractivity contribution in [1.82, 2.24) is 9.97 Å². The first-order valence-corrected chi connectivity index (χ1v) is 7.53. The minimum Gasteiger partial charge on any atom is -0.367 e. The van der Waals surface area contributed by atoms with Gasteiger partial charge in [-0.2, -0.15) is 0 Å². The third-order valence-electron chi connectivity index (χ3n) is 3.76. The van der Waals surface area contributed by atoms with Gasteiger partial charge in [0.05, 0.1) is 5.69 Å². The van der Waals surface area contributed by atoms with Gasteiger partial charge in [-0.15, -0.1) is 0 Å². The molecule has 0 atom stereocenters. The molecule has 104 valence electrons. The van der Waals surface area contributed by atoms with Crippen molar-refractivity contribution < 1.29 is 0 Å². The normalized spacial score (nSPS) is 16.1. The summed E-state index contributed by atoms with van der Waals surface area (Å²) in [5.74, 6) is 0.914. The van der Waals surface area contributed by atoms with E-state index in [0.29, 0.717) is 6.04 Å². The molecule has 20 heavy (non-hydrogen) atoms. The first kappa shape index (κ1) is 13.4. The van der Waals surface area contributed by atoms with Crippen LogP contribution in [0.4, 0.5) is 5.82 Å². The zero-order valence-corrected chi connectivity index (χ0v) is 12.1. The fraction of sp³-hybridized carbons (Fsp3) is 0.375. The zero-order valence-electron chi connectivity index (χ0n) is 11.3. The van der Waals surface area contributed by atoms with Gasteiger partial charge >= 0.3 is 0 Å². The molecule has 4 heteroatoms. The van der Waals surface area contributed by atoms with E-state index < -0.39 is 0 Å². The fourth-order valence-corrected chi connectivity index (χ4v) is 2.80. The van der Waals surface area contributed by atoms with E-state index in [4.69, 9.17) is 11.6 Å². The van der Waals surface area contributed by atoms with Crippen molar-refractivity contribution in [2.75, 3.05) is 5.32 Å². The predicted molar refractivity (Wildman–Crippen MR) is 83.0 cm³/mol. The molecule has 2 aromatic rings. The van der Waals surface area contributed by atoms with E-state index in [0.717, 1.165) is 22.1 Å². The Kier molecular flexibility index (Phi) is 4.16. The van der Waals surface area contributed by atoms with Crippen molar-refractivity contribution in [3.63, 3.8) is 0 Å². The summed E-state index contributed by atoms with van der Waals surface area (Å²) < 4.78 is 0. The SMILES string of the molecule is Clc1ccc(-c2cc(NC3CCCCC3)ncn2)cc1. The second-order valence-electron chi connectivity index (χ2n) is 5.27. The standard InChI is InChI=1S/C16H18ClN3/c17-13-8-6-12(7-9-13)15-10-16(19-11-18-15)20-14-4-2-1-3-5-14/h6-11,14H,1-5H2,(H,18,19,20). The van der Waals surface area contributed by atoms with Gasteiger partial charge in [0.1, 0.15) is 12.1 Å². The lowest BCUT2D eigenvalue weighted by Crippen LogP contribution is -2.22. The molecule has 1 aliphatic carbocycles. The molecule has 0 bridgehead atoms. The van der Waals surface area contributed by atoms with Gasteiger partial charge in [-0.25, -0.2) is 9.97 Å². The van der Waals surface area contributed by atoms with Crippen molar-refractivity contribution in [1.29, 1.82) is 0 Å². The summed E-state index contributed by atoms with van der Waals surface area (Å²) >= 11 is 5.91. The van der Waals surface area contributed by atoms with E-state index >= 15 is 0 Å². The Morgan fingerprint density at radius 1 is 1.00 bits per heavy atom. The Hall–Kier alpha value is -1.61. The third kappa shape index (κ3) is 3.28. The van der Waals surface area contributed by atoms with Gasteiger partial charge in [0.25, 0.3) is 0 Å². The van der Waals surface area contributed by atoms with E-state index in [2.05, 4.69) is 15.3 Å². The maximum absolute atomic E-state index is 5.91. The first-order chi connectivity index (χ1) is 9.81. The maximum Gasteiger partial charge on any atom is 0.130 e. The number of halogens is 1. The molecular weight excluding hydrogens is 270 g/mol. The largest absolute Gasteiger partial charge is 0.367 e. The lowest BCUT2D eigenvalue weighted by Gasteiger charge is -2.23. The minimum atomic E-state index is 0.553. The zero-order chi connectivity index (χ0) is 13.8. The van der Waals surface area contributed by atoms with E-state index in [-0.39, 0.29) is 0 Å². The molecular formula is C16H18ClN3. The lowest BCUT2D eigenvalue weighted by atomic mass is 9.95. The molecule has 0 saturated heterocycles. The highest BCUT2D eigenvalue weighted by molar-refractivity contribution is 6.30. The molecule has 1 aliphatic rings. The maximum atomic E-state index is 5.91. The second-order valence-corrected chi connectivity index (χ2v) is 5.71. The third-order valence-corrected chi connectivity index (χ3v) is 4.02. The van der Waals surface area contributed by atoms with E-state index in [1.165, 1.54) is 32.1 Å². The van der Waals surface area contributed by atoms with Crippen LogP contribution in [0.5, 0.6) is 0 Å². The molecule has 1 N–H and O–H groups in total. The van der Waals surface area contributed by atoms with Crippen molar-refractivity contribution in [3.05, 3.63) is 41.7 Å². The van der Waals surface area contributed by atoms with Gasteiger partial charge in [0.2, 0.25) is 0 Å². The van der Waals surface area contributed by atoms with Crippen molar-refractivity contribution >= 4 is 17.4 Å². The van der Waals surface area contributed by atoms with Gasteiger partial charge in [0, 0.05) is 22.7 Å². The summed E-state index contributed by atoms with van der Waals surface area (Å²) in [6.07, 6.45) is 8.08. The van der Waals surface area contributed by atoms with Crippen molar-refractivity contribution in [2.24, 2.45) is 0 Å². The average Bonchev–Trinajstić information content (AvgIpc) is 2.49. The highest BCUT2D eigenvalue weighted by Crippen LogP contribution is 2.24. The number of hydrogen-bond acceptors (Lipinski definition) is 3. The van der Waals surface area contributed by atoms with Crippen LogP contribution in [0.2, 0.25) is 5.02 Å². The van der Waals surface area contributed by atoms with Crippen LogP contribution >= 0.6 is 11.6 Å². The highest BCUT2D eigenvalue weighted by Gasteiger charge is 2.13. The highest BCUT2D eigenvalue weighted by atomic mass is 35.5. The van der Waals surface area contributed by atoms with Crippen LogP contribution in [-0.2, 0) is 0 Å². The molecule has 0 spiro atoms. The van der Waals surface area contributed by atoms with Crippen LogP contribution in [-0.4, -0.2) is 16.0 Å². The molecule has 0 unspecified atom stereocenters. The Bertz CT molecular complexity index is 562. The van der Waals surface area contributed by atoms with Crippen LogP contribution in [0.3, 0.4) is 0 Å². The first-order valence-electron chi connectivity index (χ1n) is 7.16. The fourth-order valence-electron chi connectivity index (χ4n) is 2.67. The van der Waals surface area contributed by atoms with Crippen molar-refractivity contribution in [3.8, 4) is 11.3 Å². The molecule has 1 heterocycles. The van der Waals surface area contributed by atoms with Crippen molar-refractivity contribution in [2.45, 2.75) is 38.1 Å². The Balaban J connectivity index is 1.76. The lowest BCUT2D eigenvalue weighted by molar-refractivity contribution is 0.462. The van der Waals surface area contributed by atoms with Gasteiger partial charge in [-0.3, -0.25) is 0 Å². The summed E-state index contributed by atoms with van der Waals surface area (Å²) in [5.41, 5.74) is 1.98. The van der Waals surface area contributed by atoms with E-state index in [1.807, 2.05) is 30.3 Å². The average molecular weight is 288 g/mol. The molecule has 1 fully saturated rings. The predicted octanol–water partition coefficient (Wildman–Crippen LogP) is 4.54. The number of nitrogens with zero attached hydrogens (tertiary/aromatic N) is 2. The Morgan fingerprint density at radius 3 is 2.50 bits per heavy atom. The molecule has 1 aromatic heterocycles. The van der Waals surface area contributed by atoms with Crippen LogP contribution in [0.15, 0.2) is 36.7 Å². The number of rotatable bonds is 3. The molecule has 3 rings (SSSR count). The molecule has 0 amide bonds. The van der Waals surface area contributed by atoms with Crippen LogP contribution in [0, 0.1) is 0 Å². The molecule has 3 nitrogen and oxygen atoms in total.